The summed E-state index contributed by atoms with van der Waals surface area (Å²) in [6, 6.07) is 8.83. The van der Waals surface area contributed by atoms with E-state index in [1.807, 2.05) is 12.4 Å². The maximum absolute atomic E-state index is 4.56. The van der Waals surface area contributed by atoms with Crippen molar-refractivity contribution in [1.29, 1.82) is 0 Å². The van der Waals surface area contributed by atoms with Gasteiger partial charge in [0.2, 0.25) is 0 Å². The zero-order valence-corrected chi connectivity index (χ0v) is 16.4. The second kappa shape index (κ2) is 6.98. The SMILES string of the molecule is Brc1ccc(N2CCN3CCN(c4ccc(Br)cn4)CC3C2)nc1. The minimum Gasteiger partial charge on any atom is -0.354 e. The number of piperazine rings is 2. The first-order valence-corrected chi connectivity index (χ1v) is 9.75. The Kier molecular flexibility index (Phi) is 4.74. The van der Waals surface area contributed by atoms with Crippen LogP contribution in [0.4, 0.5) is 11.6 Å². The fourth-order valence-corrected chi connectivity index (χ4v) is 3.95. The fourth-order valence-electron chi connectivity index (χ4n) is 3.48. The smallest absolute Gasteiger partial charge is 0.128 e. The van der Waals surface area contributed by atoms with E-state index in [4.69, 9.17) is 0 Å². The van der Waals surface area contributed by atoms with Crippen LogP contribution in [-0.4, -0.2) is 60.2 Å². The summed E-state index contributed by atoms with van der Waals surface area (Å²) in [5.41, 5.74) is 0. The predicted octanol–water partition coefficient (Wildman–Crippen LogP) is 3.01. The number of fused-ring (bicyclic) bond motifs is 1. The topological polar surface area (TPSA) is 35.5 Å². The number of nitrogens with zero attached hydrogens (tertiary/aromatic N) is 5. The van der Waals surface area contributed by atoms with Gasteiger partial charge in [0.1, 0.15) is 11.6 Å². The molecule has 0 aliphatic carbocycles. The van der Waals surface area contributed by atoms with Crippen LogP contribution >= 0.6 is 31.9 Å². The molecule has 2 aliphatic rings. The molecule has 0 atom stereocenters. The maximum atomic E-state index is 4.56. The highest BCUT2D eigenvalue weighted by atomic mass is 79.9. The molecule has 0 aromatic carbocycles. The van der Waals surface area contributed by atoms with Crippen molar-refractivity contribution in [3.8, 4) is 0 Å². The van der Waals surface area contributed by atoms with Crippen LogP contribution in [0.2, 0.25) is 0 Å². The summed E-state index contributed by atoms with van der Waals surface area (Å²) in [5.74, 6) is 2.13. The van der Waals surface area contributed by atoms with Gasteiger partial charge in [0, 0.05) is 66.6 Å². The molecule has 2 aromatic rings. The first-order chi connectivity index (χ1) is 11.7. The highest BCUT2D eigenvalue weighted by Crippen LogP contribution is 2.24. The lowest BCUT2D eigenvalue weighted by Crippen LogP contribution is -2.62. The number of aromatic nitrogens is 2. The van der Waals surface area contributed by atoms with Gasteiger partial charge in [-0.05, 0) is 56.1 Å². The molecule has 2 fully saturated rings. The first kappa shape index (κ1) is 16.3. The average molecular weight is 453 g/mol. The number of halogens is 2. The Hall–Kier alpha value is -1.18. The fraction of sp³-hybridized carbons (Fsp3) is 0.412. The second-order valence-electron chi connectivity index (χ2n) is 6.25. The molecule has 2 saturated heterocycles. The molecular formula is C17H19Br2N5. The van der Waals surface area contributed by atoms with Gasteiger partial charge in [0.15, 0.2) is 0 Å². The van der Waals surface area contributed by atoms with Gasteiger partial charge in [-0.1, -0.05) is 0 Å². The molecule has 0 radical (unpaired) electrons. The minimum atomic E-state index is 0.517. The number of hydrogen-bond acceptors (Lipinski definition) is 5. The van der Waals surface area contributed by atoms with Crippen molar-refractivity contribution in [2.75, 3.05) is 49.1 Å². The highest BCUT2D eigenvalue weighted by Gasteiger charge is 2.32. The summed E-state index contributed by atoms with van der Waals surface area (Å²) < 4.78 is 2.05. The highest BCUT2D eigenvalue weighted by molar-refractivity contribution is 9.10. The number of pyridine rings is 2. The molecule has 0 unspecified atom stereocenters. The van der Waals surface area contributed by atoms with Crippen molar-refractivity contribution in [2.45, 2.75) is 6.04 Å². The van der Waals surface area contributed by atoms with Crippen molar-refractivity contribution >= 4 is 43.5 Å². The third-order valence-corrected chi connectivity index (χ3v) is 5.70. The summed E-state index contributed by atoms with van der Waals surface area (Å²) in [7, 11) is 0. The molecule has 24 heavy (non-hydrogen) atoms. The molecule has 0 bridgehead atoms. The zero-order valence-electron chi connectivity index (χ0n) is 13.3. The summed E-state index contributed by atoms with van der Waals surface area (Å²) in [6.45, 7) is 6.32. The van der Waals surface area contributed by atoms with E-state index < -0.39 is 0 Å². The summed E-state index contributed by atoms with van der Waals surface area (Å²) in [6.07, 6.45) is 3.75. The van der Waals surface area contributed by atoms with Gasteiger partial charge < -0.3 is 9.80 Å². The molecule has 0 N–H and O–H groups in total. The Bertz CT molecular complexity index is 632. The Balaban J connectivity index is 1.46. The molecule has 2 aliphatic heterocycles. The number of hydrogen-bond donors (Lipinski definition) is 0. The van der Waals surface area contributed by atoms with E-state index >= 15 is 0 Å². The molecular weight excluding hydrogens is 434 g/mol. The molecule has 7 heteroatoms. The van der Waals surface area contributed by atoms with E-state index in [9.17, 15) is 0 Å². The van der Waals surface area contributed by atoms with Gasteiger partial charge in [-0.25, -0.2) is 9.97 Å². The monoisotopic (exact) mass is 451 g/mol. The van der Waals surface area contributed by atoms with Crippen LogP contribution in [-0.2, 0) is 0 Å². The van der Waals surface area contributed by atoms with Gasteiger partial charge in [-0.2, -0.15) is 0 Å². The quantitative estimate of drug-likeness (QED) is 0.699. The average Bonchev–Trinajstić information content (AvgIpc) is 2.62. The molecule has 0 spiro atoms. The van der Waals surface area contributed by atoms with Crippen LogP contribution in [0, 0.1) is 0 Å². The van der Waals surface area contributed by atoms with Crippen molar-refractivity contribution in [1.82, 2.24) is 14.9 Å². The third kappa shape index (κ3) is 3.43. The summed E-state index contributed by atoms with van der Waals surface area (Å²) in [5, 5.41) is 0. The molecule has 0 saturated carbocycles. The van der Waals surface area contributed by atoms with E-state index in [1.54, 1.807) is 0 Å². The van der Waals surface area contributed by atoms with Gasteiger partial charge >= 0.3 is 0 Å². The van der Waals surface area contributed by atoms with E-state index in [0.29, 0.717) is 6.04 Å². The second-order valence-corrected chi connectivity index (χ2v) is 8.08. The third-order valence-electron chi connectivity index (χ3n) is 4.76. The van der Waals surface area contributed by atoms with Gasteiger partial charge in [0.25, 0.3) is 0 Å². The van der Waals surface area contributed by atoms with Crippen molar-refractivity contribution in [3.05, 3.63) is 45.6 Å². The molecule has 2 aromatic heterocycles. The molecule has 5 nitrogen and oxygen atoms in total. The van der Waals surface area contributed by atoms with Gasteiger partial charge in [-0.3, -0.25) is 4.90 Å². The Labute approximate surface area is 158 Å². The molecule has 126 valence electrons. The van der Waals surface area contributed by atoms with Crippen LogP contribution in [0.5, 0.6) is 0 Å². The zero-order chi connectivity index (χ0) is 16.5. The van der Waals surface area contributed by atoms with Crippen LogP contribution in [0.15, 0.2) is 45.6 Å². The van der Waals surface area contributed by atoms with Crippen LogP contribution < -0.4 is 9.80 Å². The minimum absolute atomic E-state index is 0.517. The van der Waals surface area contributed by atoms with Crippen LogP contribution in [0.25, 0.3) is 0 Å². The van der Waals surface area contributed by atoms with Gasteiger partial charge in [-0.15, -0.1) is 0 Å². The summed E-state index contributed by atoms with van der Waals surface area (Å²) in [4.78, 5) is 16.5. The lowest BCUT2D eigenvalue weighted by Gasteiger charge is -2.47. The van der Waals surface area contributed by atoms with Crippen LogP contribution in [0.3, 0.4) is 0 Å². The Morgan fingerprint density at radius 2 is 1.25 bits per heavy atom. The Morgan fingerprint density at radius 1 is 0.750 bits per heavy atom. The normalized spacial score (nSPS) is 19.4. The number of anilines is 2. The van der Waals surface area contributed by atoms with E-state index in [1.165, 1.54) is 0 Å². The standard InChI is InChI=1S/C17H19Br2N5/c18-13-1-3-16(20-9-13)23-7-5-22-6-8-24(12-15(22)11-23)17-4-2-14(19)10-21-17/h1-4,9-10,15H,5-8,11-12H2. The molecule has 0 amide bonds. The largest absolute Gasteiger partial charge is 0.354 e. The van der Waals surface area contributed by atoms with Crippen LogP contribution in [0.1, 0.15) is 0 Å². The van der Waals surface area contributed by atoms with Crippen molar-refractivity contribution in [3.63, 3.8) is 0 Å². The van der Waals surface area contributed by atoms with E-state index in [2.05, 4.69) is 80.8 Å². The predicted molar refractivity (Wildman–Crippen MR) is 104 cm³/mol. The number of rotatable bonds is 2. The van der Waals surface area contributed by atoms with E-state index in [-0.39, 0.29) is 0 Å². The van der Waals surface area contributed by atoms with Gasteiger partial charge in [0.05, 0.1) is 0 Å². The molecule has 4 rings (SSSR count). The lowest BCUT2D eigenvalue weighted by atomic mass is 10.1. The molecule has 4 heterocycles. The Morgan fingerprint density at radius 3 is 1.67 bits per heavy atom. The van der Waals surface area contributed by atoms with E-state index in [0.717, 1.165) is 59.8 Å². The lowest BCUT2D eigenvalue weighted by molar-refractivity contribution is 0.159. The first-order valence-electron chi connectivity index (χ1n) is 8.16. The van der Waals surface area contributed by atoms with Crippen molar-refractivity contribution < 1.29 is 0 Å². The maximum Gasteiger partial charge on any atom is 0.128 e. The van der Waals surface area contributed by atoms with Crippen molar-refractivity contribution in [2.24, 2.45) is 0 Å². The summed E-state index contributed by atoms with van der Waals surface area (Å²) >= 11 is 6.91.